The van der Waals surface area contributed by atoms with Crippen molar-refractivity contribution in [3.63, 3.8) is 0 Å². The summed E-state index contributed by atoms with van der Waals surface area (Å²) in [5.41, 5.74) is 2.65. The Bertz CT molecular complexity index is 1140. The normalized spacial score (nSPS) is 14.2. The highest BCUT2D eigenvalue weighted by atomic mass is 16.5. The van der Waals surface area contributed by atoms with Crippen LogP contribution in [-0.4, -0.2) is 45.4 Å². The first-order chi connectivity index (χ1) is 16.3. The number of carboxylic acids is 1. The molecule has 34 heavy (non-hydrogen) atoms. The molecule has 0 aromatic heterocycles. The van der Waals surface area contributed by atoms with Gasteiger partial charge in [0.05, 0.1) is 34.5 Å². The van der Waals surface area contributed by atoms with Gasteiger partial charge in [0.25, 0.3) is 0 Å². The van der Waals surface area contributed by atoms with Crippen molar-refractivity contribution in [3.05, 3.63) is 45.6 Å². The van der Waals surface area contributed by atoms with Gasteiger partial charge < -0.3 is 29.4 Å². The van der Waals surface area contributed by atoms with Gasteiger partial charge >= 0.3 is 5.97 Å². The molecule has 0 heterocycles. The Morgan fingerprint density at radius 2 is 1.68 bits per heavy atom. The number of aliphatic carboxylic acids is 1. The monoisotopic (exact) mass is 471 g/mol. The third-order valence-corrected chi connectivity index (χ3v) is 5.85. The number of ether oxygens (including phenoxy) is 4. The molecule has 2 aromatic carbocycles. The maximum absolute atomic E-state index is 12.8. The Morgan fingerprint density at radius 1 is 0.971 bits per heavy atom. The van der Waals surface area contributed by atoms with E-state index in [1.54, 1.807) is 19.2 Å². The smallest absolute Gasteiger partial charge is 0.303 e. The first-order valence-corrected chi connectivity index (χ1v) is 10.9. The molecule has 0 bridgehead atoms. The Kier molecular flexibility index (Phi) is 7.99. The van der Waals surface area contributed by atoms with Gasteiger partial charge in [-0.2, -0.15) is 0 Å². The van der Waals surface area contributed by atoms with Crippen LogP contribution in [-0.2, 0) is 16.0 Å². The minimum absolute atomic E-state index is 0.0720. The van der Waals surface area contributed by atoms with Gasteiger partial charge in [-0.25, -0.2) is 0 Å². The Balaban J connectivity index is 2.18. The molecule has 1 atom stereocenters. The third-order valence-electron chi connectivity index (χ3n) is 5.85. The average Bonchev–Trinajstić information content (AvgIpc) is 3.06. The summed E-state index contributed by atoms with van der Waals surface area (Å²) in [4.78, 5) is 36.2. The molecule has 0 saturated heterocycles. The molecule has 182 valence electrons. The zero-order chi connectivity index (χ0) is 24.8. The standard InChI is InChI=1S/C25H29NO8/c1-31-19-11-9-15-16(13-18(19)27)17(26-21(28)6-5-7-22(29)30)10-8-14-12-20(32-2)24(33-3)25(34-4)23(14)15/h9,11-13,17H,5-8,10H2,1-4H3,(H,26,28)(H,29,30). The van der Waals surface area contributed by atoms with Crippen molar-refractivity contribution in [2.24, 2.45) is 0 Å². The molecule has 1 aliphatic rings. The number of aryl methyl sites for hydroxylation is 1. The highest BCUT2D eigenvalue weighted by Gasteiger charge is 2.29. The Morgan fingerprint density at radius 3 is 2.29 bits per heavy atom. The molecule has 2 N–H and O–H groups in total. The first kappa shape index (κ1) is 24.9. The van der Waals surface area contributed by atoms with Crippen molar-refractivity contribution in [2.75, 3.05) is 28.4 Å². The number of carbonyl (C=O) groups excluding carboxylic acids is 1. The number of carbonyl (C=O) groups is 2. The van der Waals surface area contributed by atoms with Crippen LogP contribution in [0.3, 0.4) is 0 Å². The number of rotatable bonds is 9. The quantitative estimate of drug-likeness (QED) is 0.572. The average molecular weight is 472 g/mol. The van der Waals surface area contributed by atoms with E-state index in [1.165, 1.54) is 27.4 Å². The fourth-order valence-corrected chi connectivity index (χ4v) is 4.28. The molecule has 9 nitrogen and oxygen atoms in total. The molecule has 0 spiro atoms. The highest BCUT2D eigenvalue weighted by Crippen LogP contribution is 2.50. The van der Waals surface area contributed by atoms with Gasteiger partial charge in [0.15, 0.2) is 17.2 Å². The van der Waals surface area contributed by atoms with Gasteiger partial charge in [-0.15, -0.1) is 0 Å². The highest BCUT2D eigenvalue weighted by molar-refractivity contribution is 5.84. The molecule has 3 rings (SSSR count). The molecule has 0 fully saturated rings. The second-order valence-corrected chi connectivity index (χ2v) is 7.86. The summed E-state index contributed by atoms with van der Waals surface area (Å²) in [6.07, 6.45) is 1.29. The van der Waals surface area contributed by atoms with Crippen LogP contribution in [0.1, 0.15) is 42.9 Å². The van der Waals surface area contributed by atoms with Crippen molar-refractivity contribution in [2.45, 2.75) is 38.1 Å². The first-order valence-electron chi connectivity index (χ1n) is 10.9. The van der Waals surface area contributed by atoms with Gasteiger partial charge in [-0.3, -0.25) is 14.4 Å². The van der Waals surface area contributed by atoms with Crippen molar-refractivity contribution in [3.8, 4) is 34.1 Å². The zero-order valence-electron chi connectivity index (χ0n) is 19.7. The number of carboxylic acid groups (broad SMARTS) is 1. The van der Waals surface area contributed by atoms with E-state index >= 15 is 0 Å². The minimum Gasteiger partial charge on any atom is -0.493 e. The summed E-state index contributed by atoms with van der Waals surface area (Å²) < 4.78 is 22.1. The lowest BCUT2D eigenvalue weighted by Crippen LogP contribution is -2.29. The van der Waals surface area contributed by atoms with Crippen LogP contribution in [0, 0.1) is 0 Å². The number of fused-ring (bicyclic) bond motifs is 3. The lowest BCUT2D eigenvalue weighted by molar-refractivity contribution is -0.137. The number of benzene rings is 1. The summed E-state index contributed by atoms with van der Waals surface area (Å²) in [5.74, 6) is 0.332. The number of hydrogen-bond acceptors (Lipinski definition) is 7. The minimum atomic E-state index is -0.951. The van der Waals surface area contributed by atoms with Crippen LogP contribution in [0.4, 0.5) is 0 Å². The number of methoxy groups -OCH3 is 4. The van der Waals surface area contributed by atoms with Gasteiger partial charge in [0.1, 0.15) is 0 Å². The van der Waals surface area contributed by atoms with Gasteiger partial charge in [-0.05, 0) is 54.2 Å². The van der Waals surface area contributed by atoms with E-state index in [4.69, 9.17) is 24.1 Å². The van der Waals surface area contributed by atoms with Crippen LogP contribution in [0.5, 0.6) is 23.0 Å². The summed E-state index contributed by atoms with van der Waals surface area (Å²) in [7, 11) is 6.02. The van der Waals surface area contributed by atoms with E-state index in [0.29, 0.717) is 41.2 Å². The predicted octanol–water partition coefficient (Wildman–Crippen LogP) is 3.11. The Labute approximate surface area is 197 Å². The summed E-state index contributed by atoms with van der Waals surface area (Å²) in [6.45, 7) is 0. The third kappa shape index (κ3) is 5.08. The second-order valence-electron chi connectivity index (χ2n) is 7.86. The number of amides is 1. The summed E-state index contributed by atoms with van der Waals surface area (Å²) in [5, 5.41) is 11.8. The Hall–Kier alpha value is -3.75. The molecule has 1 aliphatic carbocycles. The molecule has 0 saturated carbocycles. The van der Waals surface area contributed by atoms with Crippen molar-refractivity contribution < 1.29 is 33.6 Å². The molecular formula is C25H29NO8. The van der Waals surface area contributed by atoms with Crippen LogP contribution < -0.4 is 29.7 Å². The topological polar surface area (TPSA) is 120 Å². The fraction of sp³-hybridized carbons (Fsp3) is 0.400. The predicted molar refractivity (Wildman–Crippen MR) is 125 cm³/mol. The largest absolute Gasteiger partial charge is 0.493 e. The van der Waals surface area contributed by atoms with Crippen LogP contribution in [0.15, 0.2) is 29.1 Å². The van der Waals surface area contributed by atoms with Crippen LogP contribution in [0.25, 0.3) is 11.1 Å². The molecule has 2 aromatic rings. The summed E-state index contributed by atoms with van der Waals surface area (Å²) >= 11 is 0. The molecule has 1 unspecified atom stereocenters. The van der Waals surface area contributed by atoms with Crippen molar-refractivity contribution in [1.82, 2.24) is 5.32 Å². The van der Waals surface area contributed by atoms with E-state index in [9.17, 15) is 14.4 Å². The van der Waals surface area contributed by atoms with Crippen molar-refractivity contribution >= 4 is 11.9 Å². The summed E-state index contributed by atoms with van der Waals surface area (Å²) in [6, 6.07) is 6.24. The molecule has 9 heteroatoms. The van der Waals surface area contributed by atoms with E-state index in [-0.39, 0.29) is 36.3 Å². The number of hydrogen-bond donors (Lipinski definition) is 2. The fourth-order valence-electron chi connectivity index (χ4n) is 4.28. The molecule has 0 radical (unpaired) electrons. The van der Waals surface area contributed by atoms with E-state index in [2.05, 4.69) is 5.32 Å². The number of nitrogens with one attached hydrogen (secondary N) is 1. The molecule has 0 aliphatic heterocycles. The maximum Gasteiger partial charge on any atom is 0.303 e. The van der Waals surface area contributed by atoms with Gasteiger partial charge in [0.2, 0.25) is 17.1 Å². The SMILES string of the molecule is COc1cc2c(c(OC)c1OC)-c1ccc(OC)c(=O)cc1C(NC(=O)CCCC(=O)O)CC2. The second kappa shape index (κ2) is 10.9. The molecule has 1 amide bonds. The zero-order valence-corrected chi connectivity index (χ0v) is 19.7. The molecular weight excluding hydrogens is 442 g/mol. The van der Waals surface area contributed by atoms with E-state index in [0.717, 1.165) is 11.1 Å². The van der Waals surface area contributed by atoms with Crippen LogP contribution in [0.2, 0.25) is 0 Å². The lowest BCUT2D eigenvalue weighted by Gasteiger charge is -2.20. The maximum atomic E-state index is 12.8. The lowest BCUT2D eigenvalue weighted by atomic mass is 9.95. The van der Waals surface area contributed by atoms with E-state index in [1.807, 2.05) is 6.07 Å². The van der Waals surface area contributed by atoms with Crippen LogP contribution >= 0.6 is 0 Å². The van der Waals surface area contributed by atoms with E-state index < -0.39 is 12.0 Å². The van der Waals surface area contributed by atoms with Gasteiger partial charge in [-0.1, -0.05) is 6.07 Å². The van der Waals surface area contributed by atoms with Crippen molar-refractivity contribution in [1.29, 1.82) is 0 Å². The van der Waals surface area contributed by atoms with Gasteiger partial charge in [0, 0.05) is 18.4 Å².